The summed E-state index contributed by atoms with van der Waals surface area (Å²) in [4.78, 5) is 35.6. The molecule has 0 radical (unpaired) electrons. The van der Waals surface area contributed by atoms with Crippen molar-refractivity contribution in [2.75, 3.05) is 12.3 Å². The first-order valence-electron chi connectivity index (χ1n) is 10.2. The Morgan fingerprint density at radius 1 is 1.38 bits per heavy atom. The Balaban J connectivity index is 1.37. The Labute approximate surface area is 188 Å². The lowest BCUT2D eigenvalue weighted by Crippen LogP contribution is -2.51. The molecule has 32 heavy (non-hydrogen) atoms. The molecule has 1 aliphatic rings. The van der Waals surface area contributed by atoms with Crippen molar-refractivity contribution in [2.45, 2.75) is 32.4 Å². The largest absolute Gasteiger partial charge is 0.418 e. The number of anilines is 1. The van der Waals surface area contributed by atoms with E-state index in [1.807, 2.05) is 24.4 Å². The van der Waals surface area contributed by atoms with Gasteiger partial charge in [0.1, 0.15) is 5.01 Å². The number of piperidine rings is 1. The molecular weight excluding hydrogens is 428 g/mol. The average molecular weight is 451 g/mol. The fraction of sp³-hybridized carbons (Fsp3) is 0.318. The average Bonchev–Trinajstić information content (AvgIpc) is 3.46. The predicted molar refractivity (Wildman–Crippen MR) is 118 cm³/mol. The third-order valence-electron chi connectivity index (χ3n) is 5.60. The number of thiazole rings is 1. The van der Waals surface area contributed by atoms with Crippen LogP contribution < -0.4 is 11.1 Å². The molecule has 2 atom stereocenters. The molecule has 3 N–H and O–H groups in total. The first-order chi connectivity index (χ1) is 15.5. The quantitative estimate of drug-likeness (QED) is 0.609. The van der Waals surface area contributed by atoms with Crippen molar-refractivity contribution in [1.29, 1.82) is 5.26 Å². The van der Waals surface area contributed by atoms with Gasteiger partial charge in [-0.2, -0.15) is 5.26 Å². The van der Waals surface area contributed by atoms with E-state index in [1.165, 1.54) is 17.5 Å². The van der Waals surface area contributed by atoms with Crippen LogP contribution in [0.15, 0.2) is 40.3 Å². The number of likely N-dealkylation sites (tertiary alicyclic amines) is 1. The number of aromatic nitrogens is 2. The van der Waals surface area contributed by atoms with Gasteiger partial charge in [0.2, 0.25) is 11.7 Å². The molecule has 3 aromatic rings. The van der Waals surface area contributed by atoms with Gasteiger partial charge >= 0.3 is 0 Å². The molecule has 2 aromatic heterocycles. The molecule has 2 amide bonds. The summed E-state index contributed by atoms with van der Waals surface area (Å²) in [6.45, 7) is 2.73. The molecule has 1 aromatic carbocycles. The van der Waals surface area contributed by atoms with Gasteiger partial charge < -0.3 is 20.4 Å². The number of nitrogens with two attached hydrogens (primary N) is 1. The number of hydrogen-bond donors (Lipinski definition) is 2. The van der Waals surface area contributed by atoms with E-state index in [4.69, 9.17) is 15.4 Å². The number of oxazole rings is 1. The van der Waals surface area contributed by atoms with Crippen LogP contribution in [-0.2, 0) is 11.3 Å². The summed E-state index contributed by atoms with van der Waals surface area (Å²) in [5.41, 5.74) is 7.79. The van der Waals surface area contributed by atoms with E-state index in [-0.39, 0.29) is 35.5 Å². The van der Waals surface area contributed by atoms with E-state index in [0.717, 1.165) is 22.7 Å². The zero-order chi connectivity index (χ0) is 22.7. The lowest BCUT2D eigenvalue weighted by molar-refractivity contribution is -0.128. The summed E-state index contributed by atoms with van der Waals surface area (Å²) in [5.74, 6) is -0.673. The number of amides is 2. The second-order valence-corrected chi connectivity index (χ2v) is 8.53. The second kappa shape index (κ2) is 9.20. The highest BCUT2D eigenvalue weighted by molar-refractivity contribution is 7.09. The van der Waals surface area contributed by atoms with E-state index in [1.54, 1.807) is 17.0 Å². The molecular formula is C22H22N6O3S. The Morgan fingerprint density at radius 2 is 2.16 bits per heavy atom. The van der Waals surface area contributed by atoms with Gasteiger partial charge in [-0.05, 0) is 31.9 Å². The maximum Gasteiger partial charge on any atom is 0.292 e. The molecule has 1 fully saturated rings. The third kappa shape index (κ3) is 4.48. The summed E-state index contributed by atoms with van der Waals surface area (Å²) in [7, 11) is 0. The SMILES string of the molecule is C[C@H]1[C@@H](C(=O)NCc2nc(-c3ccc(C#N)cc3)cs2)CCCN1C(=O)c1cnc(N)o1. The van der Waals surface area contributed by atoms with Crippen molar-refractivity contribution in [2.24, 2.45) is 5.92 Å². The Bertz CT molecular complexity index is 1160. The number of hydrogen-bond acceptors (Lipinski definition) is 8. The van der Waals surface area contributed by atoms with Crippen molar-refractivity contribution >= 4 is 29.2 Å². The maximum atomic E-state index is 12.9. The monoisotopic (exact) mass is 450 g/mol. The first-order valence-corrected chi connectivity index (χ1v) is 11.1. The molecule has 3 heterocycles. The van der Waals surface area contributed by atoms with Crippen LogP contribution in [-0.4, -0.2) is 39.3 Å². The van der Waals surface area contributed by atoms with Gasteiger partial charge in [0, 0.05) is 23.5 Å². The lowest BCUT2D eigenvalue weighted by Gasteiger charge is -2.38. The summed E-state index contributed by atoms with van der Waals surface area (Å²) in [5, 5.41) is 14.6. The van der Waals surface area contributed by atoms with Crippen molar-refractivity contribution in [3.05, 3.63) is 52.2 Å². The van der Waals surface area contributed by atoms with Crippen molar-refractivity contribution in [1.82, 2.24) is 20.2 Å². The van der Waals surface area contributed by atoms with Crippen LogP contribution in [0.3, 0.4) is 0 Å². The van der Waals surface area contributed by atoms with Crippen LogP contribution in [0.1, 0.15) is 40.9 Å². The summed E-state index contributed by atoms with van der Waals surface area (Å²) < 4.78 is 5.15. The van der Waals surface area contributed by atoms with Crippen LogP contribution in [0.2, 0.25) is 0 Å². The topological polar surface area (TPSA) is 138 Å². The van der Waals surface area contributed by atoms with E-state index in [9.17, 15) is 9.59 Å². The number of nitriles is 1. The van der Waals surface area contributed by atoms with Crippen LogP contribution in [0.25, 0.3) is 11.3 Å². The molecule has 0 unspecified atom stereocenters. The van der Waals surface area contributed by atoms with E-state index < -0.39 is 0 Å². The van der Waals surface area contributed by atoms with Crippen LogP contribution in [0.4, 0.5) is 6.01 Å². The summed E-state index contributed by atoms with van der Waals surface area (Å²) >= 11 is 1.46. The van der Waals surface area contributed by atoms with E-state index in [2.05, 4.69) is 21.4 Å². The van der Waals surface area contributed by atoms with Gasteiger partial charge in [0.05, 0.1) is 36.0 Å². The molecule has 0 saturated carbocycles. The zero-order valence-electron chi connectivity index (χ0n) is 17.4. The minimum Gasteiger partial charge on any atom is -0.418 e. The number of nitrogen functional groups attached to an aromatic ring is 1. The van der Waals surface area contributed by atoms with Crippen LogP contribution in [0, 0.1) is 17.2 Å². The summed E-state index contributed by atoms with van der Waals surface area (Å²) in [6.07, 6.45) is 2.73. The van der Waals surface area contributed by atoms with E-state index >= 15 is 0 Å². The molecule has 1 aliphatic heterocycles. The molecule has 9 nitrogen and oxygen atoms in total. The third-order valence-corrected chi connectivity index (χ3v) is 6.44. The Kier molecular flexibility index (Phi) is 6.18. The minimum atomic E-state index is -0.328. The highest BCUT2D eigenvalue weighted by atomic mass is 32.1. The summed E-state index contributed by atoms with van der Waals surface area (Å²) in [6, 6.07) is 8.96. The number of nitrogens with one attached hydrogen (secondary N) is 1. The highest BCUT2D eigenvalue weighted by Gasteiger charge is 2.36. The Hall–Kier alpha value is -3.71. The van der Waals surface area contributed by atoms with Gasteiger partial charge in [0.25, 0.3) is 11.9 Å². The van der Waals surface area contributed by atoms with Gasteiger partial charge in [-0.25, -0.2) is 9.97 Å². The molecule has 0 bridgehead atoms. The standard InChI is InChI=1S/C22H22N6O3S/c1-13-16(3-2-8-28(13)21(30)18-10-26-22(24)31-18)20(29)25-11-19-27-17(12-32-19)15-6-4-14(9-23)5-7-15/h4-7,10,12-13,16H,2-3,8,11H2,1H3,(H2,24,26)(H,25,29)/t13-,16-/m0/s1. The van der Waals surface area contributed by atoms with Crippen molar-refractivity contribution in [3.63, 3.8) is 0 Å². The van der Waals surface area contributed by atoms with Crippen LogP contribution in [0.5, 0.6) is 0 Å². The molecule has 10 heteroatoms. The van der Waals surface area contributed by atoms with Crippen molar-refractivity contribution < 1.29 is 14.0 Å². The fourth-order valence-electron chi connectivity index (χ4n) is 3.84. The molecule has 0 spiro atoms. The van der Waals surface area contributed by atoms with E-state index in [0.29, 0.717) is 25.1 Å². The number of carbonyl (C=O) groups excluding carboxylic acids is 2. The second-order valence-electron chi connectivity index (χ2n) is 7.58. The van der Waals surface area contributed by atoms with Gasteiger partial charge in [-0.15, -0.1) is 11.3 Å². The number of carbonyl (C=O) groups is 2. The van der Waals surface area contributed by atoms with Gasteiger partial charge in [-0.3, -0.25) is 9.59 Å². The van der Waals surface area contributed by atoms with Crippen molar-refractivity contribution in [3.8, 4) is 17.3 Å². The fourth-order valence-corrected chi connectivity index (χ4v) is 4.59. The Morgan fingerprint density at radius 3 is 2.84 bits per heavy atom. The van der Waals surface area contributed by atoms with Gasteiger partial charge in [-0.1, -0.05) is 12.1 Å². The van der Waals surface area contributed by atoms with Gasteiger partial charge in [0.15, 0.2) is 0 Å². The van der Waals surface area contributed by atoms with Crippen LogP contribution >= 0.6 is 11.3 Å². The first kappa shape index (κ1) is 21.5. The highest BCUT2D eigenvalue weighted by Crippen LogP contribution is 2.26. The maximum absolute atomic E-state index is 12.9. The normalized spacial score (nSPS) is 18.2. The molecule has 4 rings (SSSR count). The number of nitrogens with zero attached hydrogens (tertiary/aromatic N) is 4. The molecule has 1 saturated heterocycles. The molecule has 0 aliphatic carbocycles. The number of rotatable bonds is 5. The minimum absolute atomic E-state index is 0.0591. The predicted octanol–water partition coefficient (Wildman–Crippen LogP) is 2.81. The number of benzene rings is 1. The molecule has 164 valence electrons. The lowest BCUT2D eigenvalue weighted by atomic mass is 9.89. The smallest absolute Gasteiger partial charge is 0.292 e. The zero-order valence-corrected chi connectivity index (χ0v) is 18.3.